The smallest absolute Gasteiger partial charge is 0.317 e. The lowest BCUT2D eigenvalue weighted by atomic mass is 9.89. The summed E-state index contributed by atoms with van der Waals surface area (Å²) in [5.74, 6) is 3.13. The van der Waals surface area contributed by atoms with Gasteiger partial charge in [0.25, 0.3) is 0 Å². The Kier molecular flexibility index (Phi) is 6.73. The molecule has 7 heteroatoms. The molecule has 0 saturated carbocycles. The quantitative estimate of drug-likeness (QED) is 0.537. The van der Waals surface area contributed by atoms with Crippen LogP contribution in [0.4, 0.5) is 10.6 Å². The van der Waals surface area contributed by atoms with Crippen LogP contribution in [0.25, 0.3) is 10.2 Å². The van der Waals surface area contributed by atoms with Crippen molar-refractivity contribution in [1.29, 1.82) is 0 Å². The van der Waals surface area contributed by atoms with Crippen molar-refractivity contribution in [3.05, 3.63) is 52.2 Å². The van der Waals surface area contributed by atoms with Crippen LogP contribution in [0.15, 0.2) is 30.3 Å². The molecule has 0 unspecified atom stereocenters. The Hall–Kier alpha value is -2.67. The number of amides is 2. The van der Waals surface area contributed by atoms with Crippen LogP contribution < -0.4 is 10.2 Å². The standard InChI is InChI=1S/C27H35N5OS/c1-4-19(3)24-29-25(23-21-11-10-18(2)16-22(21)34-26(23)30-24)31-12-14-32(15-13-31)27(33)28-17-20-8-6-5-7-9-20/h5-9,18-19H,4,10-17H2,1-3H3,(H,28,33)/t18-,19-/m1/s1. The van der Waals surface area contributed by atoms with Gasteiger partial charge < -0.3 is 15.1 Å². The molecule has 3 heterocycles. The van der Waals surface area contributed by atoms with Crippen molar-refractivity contribution in [1.82, 2.24) is 20.2 Å². The zero-order chi connectivity index (χ0) is 23.7. The number of carbonyl (C=O) groups is 1. The summed E-state index contributed by atoms with van der Waals surface area (Å²) in [7, 11) is 0. The zero-order valence-corrected chi connectivity index (χ0v) is 21.3. The molecular weight excluding hydrogens is 442 g/mol. The van der Waals surface area contributed by atoms with E-state index in [0.717, 1.165) is 60.3 Å². The predicted octanol–water partition coefficient (Wildman–Crippen LogP) is 5.36. The third kappa shape index (κ3) is 4.63. The number of hydrogen-bond acceptors (Lipinski definition) is 5. The second-order valence-electron chi connectivity index (χ2n) is 9.87. The summed E-state index contributed by atoms with van der Waals surface area (Å²) in [4.78, 5) is 29.9. The van der Waals surface area contributed by atoms with Crippen LogP contribution in [-0.4, -0.2) is 47.1 Å². The molecule has 180 valence electrons. The highest BCUT2D eigenvalue weighted by Gasteiger charge is 2.29. The molecule has 2 aromatic heterocycles. The Bertz CT molecular complexity index is 1150. The minimum absolute atomic E-state index is 0.0125. The minimum Gasteiger partial charge on any atom is -0.352 e. The zero-order valence-electron chi connectivity index (χ0n) is 20.5. The molecule has 1 fully saturated rings. The highest BCUT2D eigenvalue weighted by molar-refractivity contribution is 7.19. The van der Waals surface area contributed by atoms with Gasteiger partial charge in [-0.1, -0.05) is 51.1 Å². The molecule has 2 atom stereocenters. The first-order chi connectivity index (χ1) is 16.5. The molecule has 3 aromatic rings. The van der Waals surface area contributed by atoms with E-state index in [1.165, 1.54) is 22.2 Å². The molecular formula is C27H35N5OS. The Labute approximate surface area is 206 Å². The van der Waals surface area contributed by atoms with E-state index in [1.807, 2.05) is 46.6 Å². The number of fused-ring (bicyclic) bond motifs is 3. The van der Waals surface area contributed by atoms with Crippen LogP contribution in [-0.2, 0) is 19.4 Å². The number of nitrogens with zero attached hydrogens (tertiary/aromatic N) is 4. The fourth-order valence-corrected chi connectivity index (χ4v) is 6.36. The lowest BCUT2D eigenvalue weighted by Crippen LogP contribution is -2.52. The Morgan fingerprint density at radius 2 is 1.94 bits per heavy atom. The topological polar surface area (TPSA) is 61.4 Å². The van der Waals surface area contributed by atoms with Gasteiger partial charge in [0.15, 0.2) is 0 Å². The van der Waals surface area contributed by atoms with Crippen LogP contribution in [0.1, 0.15) is 61.4 Å². The number of nitrogens with one attached hydrogen (secondary N) is 1. The number of urea groups is 1. The maximum absolute atomic E-state index is 12.8. The van der Waals surface area contributed by atoms with E-state index in [1.54, 1.807) is 0 Å². The highest BCUT2D eigenvalue weighted by atomic mass is 32.1. The molecule has 6 nitrogen and oxygen atoms in total. The Morgan fingerprint density at radius 1 is 1.18 bits per heavy atom. The van der Waals surface area contributed by atoms with Gasteiger partial charge in [-0.05, 0) is 42.7 Å². The normalized spacial score (nSPS) is 19.2. The summed E-state index contributed by atoms with van der Waals surface area (Å²) in [6.45, 7) is 10.3. The van der Waals surface area contributed by atoms with Gasteiger partial charge in [-0.3, -0.25) is 0 Å². The number of hydrogen-bond donors (Lipinski definition) is 1. The van der Waals surface area contributed by atoms with E-state index in [-0.39, 0.29) is 6.03 Å². The van der Waals surface area contributed by atoms with E-state index in [4.69, 9.17) is 9.97 Å². The second kappa shape index (κ2) is 9.90. The van der Waals surface area contributed by atoms with Crippen LogP contribution >= 0.6 is 11.3 Å². The lowest BCUT2D eigenvalue weighted by Gasteiger charge is -2.36. The van der Waals surface area contributed by atoms with E-state index in [0.29, 0.717) is 25.6 Å². The minimum atomic E-state index is 0.0125. The molecule has 2 amide bonds. The first-order valence-electron chi connectivity index (χ1n) is 12.7. The summed E-state index contributed by atoms with van der Waals surface area (Å²) in [5, 5.41) is 4.35. The van der Waals surface area contributed by atoms with E-state index in [9.17, 15) is 4.79 Å². The number of thiophene rings is 1. The average molecular weight is 478 g/mol. The van der Waals surface area contributed by atoms with Crippen LogP contribution in [0.3, 0.4) is 0 Å². The summed E-state index contributed by atoms with van der Waals surface area (Å²) in [6, 6.07) is 10.1. The third-order valence-electron chi connectivity index (χ3n) is 7.36. The molecule has 1 aromatic carbocycles. The van der Waals surface area contributed by atoms with Gasteiger partial charge in [-0.15, -0.1) is 11.3 Å². The monoisotopic (exact) mass is 477 g/mol. The van der Waals surface area contributed by atoms with E-state index in [2.05, 4.69) is 31.0 Å². The maximum atomic E-state index is 12.8. The van der Waals surface area contributed by atoms with Crippen LogP contribution in [0.2, 0.25) is 0 Å². The molecule has 34 heavy (non-hydrogen) atoms. The number of aromatic nitrogens is 2. The number of benzene rings is 1. The van der Waals surface area contributed by atoms with Crippen LogP contribution in [0.5, 0.6) is 0 Å². The number of anilines is 1. The molecule has 5 rings (SSSR count). The fourth-order valence-electron chi connectivity index (χ4n) is 4.98. The van der Waals surface area contributed by atoms with Crippen molar-refractivity contribution in [2.24, 2.45) is 5.92 Å². The summed E-state index contributed by atoms with van der Waals surface area (Å²) in [6.07, 6.45) is 4.55. The Balaban J connectivity index is 1.35. The number of piperazine rings is 1. The fraction of sp³-hybridized carbons (Fsp3) is 0.519. The molecule has 0 radical (unpaired) electrons. The molecule has 1 saturated heterocycles. The van der Waals surface area contributed by atoms with Gasteiger partial charge in [-0.25, -0.2) is 14.8 Å². The van der Waals surface area contributed by atoms with Gasteiger partial charge in [0.05, 0.1) is 5.39 Å². The highest BCUT2D eigenvalue weighted by Crippen LogP contribution is 2.41. The molecule has 1 N–H and O–H groups in total. The summed E-state index contributed by atoms with van der Waals surface area (Å²) >= 11 is 1.88. The van der Waals surface area contributed by atoms with Crippen molar-refractivity contribution in [3.63, 3.8) is 0 Å². The van der Waals surface area contributed by atoms with Gasteiger partial charge in [-0.2, -0.15) is 0 Å². The van der Waals surface area contributed by atoms with Gasteiger partial charge >= 0.3 is 6.03 Å². The summed E-state index contributed by atoms with van der Waals surface area (Å²) < 4.78 is 0. The molecule has 1 aliphatic carbocycles. The van der Waals surface area contributed by atoms with Crippen molar-refractivity contribution < 1.29 is 4.79 Å². The molecule has 1 aliphatic heterocycles. The molecule has 0 spiro atoms. The number of rotatable bonds is 5. The van der Waals surface area contributed by atoms with E-state index < -0.39 is 0 Å². The predicted molar refractivity (Wildman–Crippen MR) is 140 cm³/mol. The molecule has 0 bridgehead atoms. The Morgan fingerprint density at radius 3 is 2.68 bits per heavy atom. The third-order valence-corrected chi connectivity index (χ3v) is 8.51. The first kappa shape index (κ1) is 23.1. The SMILES string of the molecule is CC[C@@H](C)c1nc(N2CCN(C(=O)NCc3ccccc3)CC2)c2c3c(sc2n1)C[C@H](C)CC3. The van der Waals surface area contributed by atoms with Crippen LogP contribution in [0, 0.1) is 5.92 Å². The maximum Gasteiger partial charge on any atom is 0.317 e. The van der Waals surface area contributed by atoms with Crippen molar-refractivity contribution in [2.45, 2.75) is 58.9 Å². The van der Waals surface area contributed by atoms with Crippen molar-refractivity contribution in [3.8, 4) is 0 Å². The molecule has 2 aliphatic rings. The summed E-state index contributed by atoms with van der Waals surface area (Å²) in [5.41, 5.74) is 2.60. The van der Waals surface area contributed by atoms with Crippen molar-refractivity contribution >= 4 is 33.4 Å². The largest absolute Gasteiger partial charge is 0.352 e. The number of carbonyl (C=O) groups excluding carboxylic acids is 1. The average Bonchev–Trinajstić information content (AvgIpc) is 3.24. The van der Waals surface area contributed by atoms with Gasteiger partial charge in [0, 0.05) is 43.5 Å². The van der Waals surface area contributed by atoms with Crippen molar-refractivity contribution in [2.75, 3.05) is 31.1 Å². The van der Waals surface area contributed by atoms with Gasteiger partial charge in [0.1, 0.15) is 16.5 Å². The van der Waals surface area contributed by atoms with E-state index >= 15 is 0 Å². The van der Waals surface area contributed by atoms with Gasteiger partial charge in [0.2, 0.25) is 0 Å². The number of aryl methyl sites for hydroxylation is 1. The lowest BCUT2D eigenvalue weighted by molar-refractivity contribution is 0.194. The first-order valence-corrected chi connectivity index (χ1v) is 13.5. The second-order valence-corrected chi connectivity index (χ2v) is 10.9.